The van der Waals surface area contributed by atoms with Crippen molar-refractivity contribution in [3.05, 3.63) is 104 Å². The van der Waals surface area contributed by atoms with Crippen molar-refractivity contribution < 1.29 is 8.78 Å². The van der Waals surface area contributed by atoms with Crippen LogP contribution in [-0.2, 0) is 6.42 Å². The lowest BCUT2D eigenvalue weighted by atomic mass is 10.0. The molecule has 0 saturated heterocycles. The van der Waals surface area contributed by atoms with Crippen LogP contribution in [0.4, 0.5) is 8.78 Å². The van der Waals surface area contributed by atoms with Crippen LogP contribution >= 0.6 is 11.3 Å². The number of imidazole rings is 1. The summed E-state index contributed by atoms with van der Waals surface area (Å²) < 4.78 is 30.6. The molecular formula is C24H23F2N3OS. The summed E-state index contributed by atoms with van der Waals surface area (Å²) in [6.07, 6.45) is 2.64. The van der Waals surface area contributed by atoms with Crippen LogP contribution in [-0.4, -0.2) is 14.1 Å². The first-order valence-corrected chi connectivity index (χ1v) is 10.9. The SMILES string of the molecule is Cc1cn(-c2ccc(Cc3cc(C(F)F)cn([C@@H](C)c4cccs4)c3=O)cc2C)cn1. The molecule has 0 aliphatic carbocycles. The van der Waals surface area contributed by atoms with Crippen molar-refractivity contribution in [3.63, 3.8) is 0 Å². The van der Waals surface area contributed by atoms with Crippen molar-refractivity contribution in [1.29, 1.82) is 0 Å². The van der Waals surface area contributed by atoms with Crippen molar-refractivity contribution in [3.8, 4) is 5.69 Å². The highest BCUT2D eigenvalue weighted by Crippen LogP contribution is 2.26. The third-order valence-electron chi connectivity index (χ3n) is 5.41. The molecule has 0 unspecified atom stereocenters. The molecule has 0 spiro atoms. The van der Waals surface area contributed by atoms with E-state index in [1.54, 1.807) is 6.33 Å². The number of aromatic nitrogens is 3. The molecule has 0 aliphatic heterocycles. The molecule has 3 aromatic heterocycles. The Morgan fingerprint density at radius 1 is 1.13 bits per heavy atom. The van der Waals surface area contributed by atoms with E-state index in [0.717, 1.165) is 27.4 Å². The highest BCUT2D eigenvalue weighted by atomic mass is 32.1. The van der Waals surface area contributed by atoms with E-state index in [1.165, 1.54) is 28.2 Å². The smallest absolute Gasteiger partial charge is 0.265 e. The Bertz CT molecular complexity index is 1260. The summed E-state index contributed by atoms with van der Waals surface area (Å²) >= 11 is 1.51. The van der Waals surface area contributed by atoms with Crippen LogP contribution in [0, 0.1) is 13.8 Å². The summed E-state index contributed by atoms with van der Waals surface area (Å²) in [6.45, 7) is 5.78. The lowest BCUT2D eigenvalue weighted by molar-refractivity contribution is 0.150. The van der Waals surface area contributed by atoms with E-state index >= 15 is 0 Å². The maximum absolute atomic E-state index is 13.6. The monoisotopic (exact) mass is 439 g/mol. The number of nitrogens with zero attached hydrogens (tertiary/aromatic N) is 3. The lowest BCUT2D eigenvalue weighted by Crippen LogP contribution is -2.27. The summed E-state index contributed by atoms with van der Waals surface area (Å²) in [5.41, 5.74) is 3.83. The molecule has 0 fully saturated rings. The van der Waals surface area contributed by atoms with Crippen LogP contribution in [0.25, 0.3) is 5.69 Å². The van der Waals surface area contributed by atoms with E-state index in [1.807, 2.05) is 67.2 Å². The standard InChI is InChI=1S/C24H23F2N3OS/c1-15-9-18(6-7-21(15)28-12-16(2)27-14-28)10-19-11-20(23(25)26)13-29(24(19)30)17(3)22-5-4-8-31-22/h4-9,11-14,17,23H,10H2,1-3H3/t17-/m0/s1. The van der Waals surface area contributed by atoms with E-state index in [9.17, 15) is 13.6 Å². The molecular weight excluding hydrogens is 416 g/mol. The van der Waals surface area contributed by atoms with Gasteiger partial charge < -0.3 is 9.13 Å². The predicted octanol–water partition coefficient (Wildman–Crippen LogP) is 5.85. The summed E-state index contributed by atoms with van der Waals surface area (Å²) in [5, 5.41) is 1.92. The Hall–Kier alpha value is -3.06. The number of hydrogen-bond acceptors (Lipinski definition) is 3. The summed E-state index contributed by atoms with van der Waals surface area (Å²) in [6, 6.07) is 10.7. The average Bonchev–Trinajstić information content (AvgIpc) is 3.41. The zero-order valence-electron chi connectivity index (χ0n) is 17.5. The van der Waals surface area contributed by atoms with Gasteiger partial charge in [0.1, 0.15) is 0 Å². The molecule has 4 aromatic rings. The third kappa shape index (κ3) is 4.37. The first-order valence-electron chi connectivity index (χ1n) is 10.0. The minimum Gasteiger partial charge on any atom is -0.307 e. The van der Waals surface area contributed by atoms with Crippen molar-refractivity contribution >= 4 is 11.3 Å². The normalized spacial score (nSPS) is 12.5. The Balaban J connectivity index is 1.71. The number of halogens is 2. The van der Waals surface area contributed by atoms with Crippen LogP contribution in [0.5, 0.6) is 0 Å². The Labute approximate surface area is 183 Å². The second-order valence-corrected chi connectivity index (χ2v) is 8.70. The van der Waals surface area contributed by atoms with E-state index in [0.29, 0.717) is 12.0 Å². The molecule has 3 heterocycles. The van der Waals surface area contributed by atoms with Crippen molar-refractivity contribution in [2.75, 3.05) is 0 Å². The molecule has 160 valence electrons. The van der Waals surface area contributed by atoms with Gasteiger partial charge in [-0.2, -0.15) is 0 Å². The van der Waals surface area contributed by atoms with Gasteiger partial charge in [-0.1, -0.05) is 18.2 Å². The molecule has 0 aliphatic rings. The molecule has 31 heavy (non-hydrogen) atoms. The summed E-state index contributed by atoms with van der Waals surface area (Å²) in [4.78, 5) is 18.4. The van der Waals surface area contributed by atoms with Crippen LogP contribution < -0.4 is 5.56 Å². The maximum atomic E-state index is 13.6. The van der Waals surface area contributed by atoms with Crippen LogP contribution in [0.2, 0.25) is 0 Å². The van der Waals surface area contributed by atoms with Gasteiger partial charge in [0, 0.05) is 40.5 Å². The van der Waals surface area contributed by atoms with Crippen LogP contribution in [0.3, 0.4) is 0 Å². The van der Waals surface area contributed by atoms with E-state index in [2.05, 4.69) is 4.98 Å². The van der Waals surface area contributed by atoms with Gasteiger partial charge in [0.15, 0.2) is 0 Å². The number of aryl methyl sites for hydroxylation is 2. The molecule has 7 heteroatoms. The van der Waals surface area contributed by atoms with E-state index in [-0.39, 0.29) is 17.2 Å². The second-order valence-electron chi connectivity index (χ2n) is 7.72. The molecule has 4 rings (SSSR count). The topological polar surface area (TPSA) is 39.8 Å². The Kier molecular flexibility index (Phi) is 5.87. The summed E-state index contributed by atoms with van der Waals surface area (Å²) in [7, 11) is 0. The quantitative estimate of drug-likeness (QED) is 0.378. The Morgan fingerprint density at radius 2 is 1.94 bits per heavy atom. The van der Waals surface area contributed by atoms with Gasteiger partial charge in [-0.3, -0.25) is 4.79 Å². The number of benzene rings is 1. The number of alkyl halides is 2. The summed E-state index contributed by atoms with van der Waals surface area (Å²) in [5.74, 6) is 0. The van der Waals surface area contributed by atoms with E-state index in [4.69, 9.17) is 0 Å². The molecule has 0 saturated carbocycles. The fourth-order valence-electron chi connectivity index (χ4n) is 3.78. The lowest BCUT2D eigenvalue weighted by Gasteiger charge is -2.17. The molecule has 1 atom stereocenters. The molecule has 4 nitrogen and oxygen atoms in total. The highest BCUT2D eigenvalue weighted by molar-refractivity contribution is 7.10. The number of pyridine rings is 1. The molecule has 0 amide bonds. The minimum atomic E-state index is -2.64. The fraction of sp³-hybridized carbons (Fsp3) is 0.250. The number of thiophene rings is 1. The van der Waals surface area contributed by atoms with Gasteiger partial charge in [-0.15, -0.1) is 11.3 Å². The van der Waals surface area contributed by atoms with Crippen molar-refractivity contribution in [2.24, 2.45) is 0 Å². The largest absolute Gasteiger partial charge is 0.307 e. The van der Waals surface area contributed by atoms with E-state index < -0.39 is 6.43 Å². The van der Waals surface area contributed by atoms with Gasteiger partial charge in [0.05, 0.1) is 18.1 Å². The fourth-order valence-corrected chi connectivity index (χ4v) is 4.56. The zero-order chi connectivity index (χ0) is 22.1. The van der Waals surface area contributed by atoms with Crippen molar-refractivity contribution in [2.45, 2.75) is 39.7 Å². The van der Waals surface area contributed by atoms with Gasteiger partial charge >= 0.3 is 0 Å². The maximum Gasteiger partial charge on any atom is 0.265 e. The molecule has 0 radical (unpaired) electrons. The average molecular weight is 440 g/mol. The third-order valence-corrected chi connectivity index (χ3v) is 6.45. The first kappa shape index (κ1) is 21.2. The van der Waals surface area contributed by atoms with Crippen LogP contribution in [0.1, 0.15) is 52.2 Å². The molecule has 0 bridgehead atoms. The number of rotatable bonds is 6. The first-order chi connectivity index (χ1) is 14.8. The molecule has 0 N–H and O–H groups in total. The Morgan fingerprint density at radius 3 is 2.55 bits per heavy atom. The van der Waals surface area contributed by atoms with Gasteiger partial charge in [-0.25, -0.2) is 13.8 Å². The highest BCUT2D eigenvalue weighted by Gasteiger charge is 2.18. The van der Waals surface area contributed by atoms with Gasteiger partial charge in [0.2, 0.25) is 0 Å². The molecule has 1 aromatic carbocycles. The van der Waals surface area contributed by atoms with Crippen LogP contribution in [0.15, 0.2) is 65.3 Å². The predicted molar refractivity (Wildman–Crippen MR) is 120 cm³/mol. The zero-order valence-corrected chi connectivity index (χ0v) is 18.4. The number of hydrogen-bond donors (Lipinski definition) is 0. The van der Waals surface area contributed by atoms with Crippen molar-refractivity contribution in [1.82, 2.24) is 14.1 Å². The second kappa shape index (κ2) is 8.59. The van der Waals surface area contributed by atoms with Gasteiger partial charge in [-0.05, 0) is 55.5 Å². The van der Waals surface area contributed by atoms with Gasteiger partial charge in [0.25, 0.3) is 12.0 Å². The minimum absolute atomic E-state index is 0.139.